The molecule has 0 spiro atoms. The summed E-state index contributed by atoms with van der Waals surface area (Å²) in [6.45, 7) is 2.18. The van der Waals surface area contributed by atoms with E-state index in [1.165, 1.54) is 21.9 Å². The number of aryl methyl sites for hydroxylation is 1. The Morgan fingerprint density at radius 1 is 1.14 bits per heavy atom. The minimum absolute atomic E-state index is 0.345. The molecular formula is C12H10IRu. The van der Waals surface area contributed by atoms with Gasteiger partial charge in [-0.3, -0.25) is 0 Å². The van der Waals surface area contributed by atoms with Gasteiger partial charge < -0.3 is 0 Å². The van der Waals surface area contributed by atoms with Crippen molar-refractivity contribution in [3.8, 4) is 0 Å². The van der Waals surface area contributed by atoms with Crippen LogP contribution in [0.15, 0.2) is 36.4 Å². The first-order chi connectivity index (χ1) is 6.83. The van der Waals surface area contributed by atoms with Gasteiger partial charge in [-0.2, -0.15) is 0 Å². The molecule has 0 amide bonds. The van der Waals surface area contributed by atoms with Crippen LogP contribution in [0, 0.1) is 6.92 Å². The predicted octanol–water partition coefficient (Wildman–Crippen LogP) is 3.73. The summed E-state index contributed by atoms with van der Waals surface area (Å²) >= 11 is 2.81. The standard InChI is InChI=1S/C12H10.HI.Ru/c1-9-5-3-7-11-8-4-6-10(2)12(9)11;;/h1,3-8H,2H3;1H;/q;;+1/p-1. The van der Waals surface area contributed by atoms with Crippen LogP contribution in [0.1, 0.15) is 11.1 Å². The monoisotopic (exact) mass is 383 g/mol. The Morgan fingerprint density at radius 2 is 1.86 bits per heavy atom. The van der Waals surface area contributed by atoms with Crippen molar-refractivity contribution in [2.75, 3.05) is 0 Å². The Morgan fingerprint density at radius 3 is 2.57 bits per heavy atom. The summed E-state index contributed by atoms with van der Waals surface area (Å²) in [5.74, 6) is 0. The van der Waals surface area contributed by atoms with Crippen LogP contribution in [-0.4, -0.2) is 4.61 Å². The molecule has 73 valence electrons. The van der Waals surface area contributed by atoms with Crippen LogP contribution in [-0.2, 0) is 13.2 Å². The van der Waals surface area contributed by atoms with Crippen LogP contribution in [0.5, 0.6) is 0 Å². The van der Waals surface area contributed by atoms with Crippen molar-refractivity contribution in [1.82, 2.24) is 0 Å². The third-order valence-electron chi connectivity index (χ3n) is 2.29. The van der Waals surface area contributed by atoms with E-state index < -0.39 is 0 Å². The molecule has 0 saturated carbocycles. The number of hydrogen-bond acceptors (Lipinski definition) is 0. The second-order valence-electron chi connectivity index (χ2n) is 3.20. The van der Waals surface area contributed by atoms with Gasteiger partial charge in [-0.1, -0.05) is 0 Å². The van der Waals surface area contributed by atoms with Gasteiger partial charge in [0.15, 0.2) is 0 Å². The molecule has 2 aromatic rings. The van der Waals surface area contributed by atoms with Gasteiger partial charge in [-0.05, 0) is 0 Å². The van der Waals surface area contributed by atoms with Crippen LogP contribution in [0.4, 0.5) is 0 Å². The summed E-state index contributed by atoms with van der Waals surface area (Å²) in [7, 11) is 0. The average molecular weight is 382 g/mol. The second-order valence-corrected chi connectivity index (χ2v) is 6.69. The zero-order chi connectivity index (χ0) is 9.97. The number of hydrogen-bond donors (Lipinski definition) is 0. The molecule has 2 heteroatoms. The second kappa shape index (κ2) is 4.63. The fraction of sp³-hybridized carbons (Fsp3) is 0.0833. The van der Waals surface area contributed by atoms with Gasteiger partial charge in [0, 0.05) is 0 Å². The number of benzene rings is 2. The molecule has 0 heterocycles. The molecule has 14 heavy (non-hydrogen) atoms. The Hall–Kier alpha value is -0.0766. The van der Waals surface area contributed by atoms with Crippen molar-refractivity contribution < 1.29 is 13.2 Å². The maximum atomic E-state index is 2.47. The summed E-state index contributed by atoms with van der Waals surface area (Å²) in [6.07, 6.45) is 0. The first kappa shape index (κ1) is 10.4. The van der Waals surface area contributed by atoms with Gasteiger partial charge in [0.1, 0.15) is 0 Å². The molecule has 0 unspecified atom stereocenters. The molecule has 2 rings (SSSR count). The zero-order valence-corrected chi connectivity index (χ0v) is 11.7. The summed E-state index contributed by atoms with van der Waals surface area (Å²) in [4.78, 5) is 0. The van der Waals surface area contributed by atoms with Crippen molar-refractivity contribution in [1.29, 1.82) is 0 Å². The molecule has 0 N–H and O–H groups in total. The van der Waals surface area contributed by atoms with E-state index in [9.17, 15) is 0 Å². The fourth-order valence-corrected chi connectivity index (χ4v) is 3.71. The molecule has 0 aliphatic heterocycles. The van der Waals surface area contributed by atoms with Crippen molar-refractivity contribution in [2.24, 2.45) is 0 Å². The van der Waals surface area contributed by atoms with Crippen molar-refractivity contribution in [3.63, 3.8) is 0 Å². The number of fused-ring (bicyclic) bond motifs is 1. The van der Waals surface area contributed by atoms with Gasteiger partial charge in [0.2, 0.25) is 0 Å². The SMILES string of the molecule is Cc1cccc2cccc([CH]=[Ru][I])c12. The molecule has 2 aromatic carbocycles. The van der Waals surface area contributed by atoms with Crippen molar-refractivity contribution in [3.05, 3.63) is 47.5 Å². The molecule has 0 fully saturated rings. The van der Waals surface area contributed by atoms with Gasteiger partial charge in [-0.15, -0.1) is 0 Å². The van der Waals surface area contributed by atoms with Crippen molar-refractivity contribution in [2.45, 2.75) is 6.92 Å². The quantitative estimate of drug-likeness (QED) is 0.521. The predicted molar refractivity (Wildman–Crippen MR) is 67.9 cm³/mol. The van der Waals surface area contributed by atoms with E-state index in [1.54, 1.807) is 0 Å². The molecule has 0 aliphatic carbocycles. The van der Waals surface area contributed by atoms with Crippen LogP contribution >= 0.6 is 19.8 Å². The van der Waals surface area contributed by atoms with Crippen LogP contribution < -0.4 is 0 Å². The Bertz CT molecular complexity index is 483. The number of halogens is 1. The summed E-state index contributed by atoms with van der Waals surface area (Å²) in [6, 6.07) is 13.0. The van der Waals surface area contributed by atoms with Crippen LogP contribution in [0.25, 0.3) is 10.8 Å². The summed E-state index contributed by atoms with van der Waals surface area (Å²) < 4.78 is 2.36. The third-order valence-corrected chi connectivity index (χ3v) is 4.33. The summed E-state index contributed by atoms with van der Waals surface area (Å²) in [5, 5.41) is 2.77. The Balaban J connectivity index is 2.84. The van der Waals surface area contributed by atoms with Crippen LogP contribution in [0.2, 0.25) is 0 Å². The van der Waals surface area contributed by atoms with E-state index in [1.807, 2.05) is 0 Å². The molecule has 0 aliphatic rings. The zero-order valence-electron chi connectivity index (χ0n) is 7.77. The maximum absolute atomic E-state index is 2.47. The first-order valence-corrected chi connectivity index (χ1v) is 10.5. The van der Waals surface area contributed by atoms with Gasteiger partial charge in [0.05, 0.1) is 0 Å². The Kier molecular flexibility index (Phi) is 3.45. The van der Waals surface area contributed by atoms with Gasteiger partial charge >= 0.3 is 103 Å². The van der Waals surface area contributed by atoms with E-state index >= 15 is 0 Å². The van der Waals surface area contributed by atoms with E-state index in [0.29, 0.717) is 13.2 Å². The summed E-state index contributed by atoms with van der Waals surface area (Å²) in [5.41, 5.74) is 2.77. The first-order valence-electron chi connectivity index (χ1n) is 4.36. The molecule has 0 saturated heterocycles. The number of rotatable bonds is 1. The van der Waals surface area contributed by atoms with Crippen LogP contribution in [0.3, 0.4) is 0 Å². The topological polar surface area (TPSA) is 0 Å². The van der Waals surface area contributed by atoms with E-state index in [0.717, 1.165) is 0 Å². The van der Waals surface area contributed by atoms with Crippen molar-refractivity contribution >= 4 is 35.1 Å². The third kappa shape index (κ3) is 1.96. The minimum atomic E-state index is 0.345. The normalized spacial score (nSPS) is 11.9. The fourth-order valence-electron chi connectivity index (χ4n) is 1.69. The molecule has 0 atom stereocenters. The molecule has 0 nitrogen and oxygen atoms in total. The molecule has 0 bridgehead atoms. The molecule has 0 radical (unpaired) electrons. The van der Waals surface area contributed by atoms with E-state index in [2.05, 4.69) is 67.7 Å². The van der Waals surface area contributed by atoms with Gasteiger partial charge in [0.25, 0.3) is 0 Å². The average Bonchev–Trinajstić information content (AvgIpc) is 2.19. The van der Waals surface area contributed by atoms with Gasteiger partial charge in [-0.25, -0.2) is 0 Å². The Labute approximate surface area is 102 Å². The van der Waals surface area contributed by atoms with E-state index in [-0.39, 0.29) is 0 Å². The molecular weight excluding hydrogens is 372 g/mol. The molecule has 0 aromatic heterocycles. The van der Waals surface area contributed by atoms with E-state index in [4.69, 9.17) is 0 Å².